The monoisotopic (exact) mass is 692 g/mol. The van der Waals surface area contributed by atoms with E-state index < -0.39 is 26.1 Å². The zero-order chi connectivity index (χ0) is 34.9. The third-order valence-corrected chi connectivity index (χ3v) is 8.60. The van der Waals surface area contributed by atoms with Gasteiger partial charge in [-0.25, -0.2) is 0 Å². The molecule has 0 aliphatic rings. The first-order chi connectivity index (χ1) is 24.5. The molecule has 5 rings (SSSR count). The predicted octanol–water partition coefficient (Wildman–Crippen LogP) is 9.70. The van der Waals surface area contributed by atoms with E-state index in [4.69, 9.17) is 32.5 Å². The summed E-state index contributed by atoms with van der Waals surface area (Å²) in [5, 5.41) is 0. The van der Waals surface area contributed by atoms with Crippen LogP contribution in [0.4, 0.5) is 0 Å². The first-order valence-electron chi connectivity index (χ1n) is 16.2. The molecular weight excluding hydrogens is 651 g/mol. The van der Waals surface area contributed by atoms with Crippen molar-refractivity contribution in [1.29, 1.82) is 0 Å². The first kappa shape index (κ1) is 36.2. The van der Waals surface area contributed by atoms with Gasteiger partial charge >= 0.3 is 7.82 Å². The summed E-state index contributed by atoms with van der Waals surface area (Å²) in [7, 11) is -4.38. The molecule has 258 valence electrons. The van der Waals surface area contributed by atoms with Crippen LogP contribution in [0.2, 0.25) is 0 Å². The summed E-state index contributed by atoms with van der Waals surface area (Å²) in [5.41, 5.74) is 2.89. The van der Waals surface area contributed by atoms with Crippen LogP contribution in [0.25, 0.3) is 0 Å². The molecule has 0 unspecified atom stereocenters. The Morgan fingerprint density at radius 3 is 1.48 bits per heavy atom. The van der Waals surface area contributed by atoms with Gasteiger partial charge in [-0.1, -0.05) is 133 Å². The van der Waals surface area contributed by atoms with Gasteiger partial charge < -0.3 is 32.5 Å². The van der Waals surface area contributed by atoms with Crippen molar-refractivity contribution in [2.24, 2.45) is 0 Å². The number of ether oxygens (including phenoxy) is 4. The SMILES string of the molecule is C=C[C@@H](OCc1ccccc1)[C@H](OCc1ccccc1)[C@@H](COCc1ccccc1)OC(=C)OP(=O)(Oc1ccccc1)Oc1ccccc1. The van der Waals surface area contributed by atoms with E-state index >= 15 is 0 Å². The van der Waals surface area contributed by atoms with Gasteiger partial charge in [-0.3, -0.25) is 0 Å². The van der Waals surface area contributed by atoms with Crippen LogP contribution >= 0.6 is 7.82 Å². The Morgan fingerprint density at radius 1 is 0.600 bits per heavy atom. The Balaban J connectivity index is 1.40. The highest BCUT2D eigenvalue weighted by atomic mass is 31.2. The second-order valence-corrected chi connectivity index (χ2v) is 12.6. The maximum Gasteiger partial charge on any atom is 0.649 e. The number of phosphoric ester groups is 1. The molecule has 8 nitrogen and oxygen atoms in total. The lowest BCUT2D eigenvalue weighted by Gasteiger charge is -2.33. The second kappa shape index (κ2) is 19.2. The van der Waals surface area contributed by atoms with Gasteiger partial charge in [0.1, 0.15) is 23.7 Å². The molecular formula is C41H41O8P. The Kier molecular flexibility index (Phi) is 13.9. The molecule has 9 heteroatoms. The van der Waals surface area contributed by atoms with Gasteiger partial charge in [0.15, 0.2) is 6.10 Å². The van der Waals surface area contributed by atoms with E-state index in [1.54, 1.807) is 54.6 Å². The van der Waals surface area contributed by atoms with Gasteiger partial charge in [-0.05, 0) is 47.5 Å². The van der Waals surface area contributed by atoms with E-state index in [0.29, 0.717) is 13.2 Å². The molecule has 0 aliphatic carbocycles. The van der Waals surface area contributed by atoms with Crippen molar-refractivity contribution >= 4 is 7.82 Å². The van der Waals surface area contributed by atoms with Gasteiger partial charge in [0.25, 0.3) is 5.95 Å². The number of phosphoric acid groups is 1. The Bertz CT molecular complexity index is 1710. The van der Waals surface area contributed by atoms with Crippen LogP contribution in [0.5, 0.6) is 11.5 Å². The maximum atomic E-state index is 14.2. The largest absolute Gasteiger partial charge is 0.649 e. The van der Waals surface area contributed by atoms with Gasteiger partial charge in [0, 0.05) is 0 Å². The standard InChI is InChI=1S/C41H41O8P/c1-3-39(44-30-35-21-11-5-12-22-35)41(45-31-36-23-13-6-14-24-36)40(32-43-29-34-19-9-4-10-20-34)46-33(2)47-50(42,48-37-25-15-7-16-26-37)49-38-27-17-8-18-28-38/h3-28,39-41H,1-2,29-32H2/t39-,40-,41+/m1/s1. The van der Waals surface area contributed by atoms with Crippen molar-refractivity contribution in [3.05, 3.63) is 194 Å². The van der Waals surface area contributed by atoms with Crippen LogP contribution in [0.1, 0.15) is 16.7 Å². The minimum Gasteiger partial charge on any atom is -0.457 e. The van der Waals surface area contributed by atoms with Gasteiger partial charge in [-0.15, -0.1) is 6.58 Å². The third-order valence-electron chi connectivity index (χ3n) is 7.30. The fourth-order valence-electron chi connectivity index (χ4n) is 4.90. The topological polar surface area (TPSA) is 81.7 Å². The molecule has 0 amide bonds. The number of hydrogen-bond acceptors (Lipinski definition) is 8. The lowest BCUT2D eigenvalue weighted by molar-refractivity contribution is -0.151. The highest BCUT2D eigenvalue weighted by Gasteiger charge is 2.37. The van der Waals surface area contributed by atoms with Crippen molar-refractivity contribution in [3.63, 3.8) is 0 Å². The van der Waals surface area contributed by atoms with Crippen LogP contribution in [-0.2, 0) is 47.9 Å². The zero-order valence-electron chi connectivity index (χ0n) is 27.7. The molecule has 3 atom stereocenters. The van der Waals surface area contributed by atoms with Crippen molar-refractivity contribution in [1.82, 2.24) is 0 Å². The molecule has 0 N–H and O–H groups in total. The lowest BCUT2D eigenvalue weighted by atomic mass is 10.1. The van der Waals surface area contributed by atoms with Crippen LogP contribution in [-0.4, -0.2) is 24.9 Å². The van der Waals surface area contributed by atoms with Gasteiger partial charge in [-0.2, -0.15) is 4.57 Å². The molecule has 0 fully saturated rings. The average Bonchev–Trinajstić information content (AvgIpc) is 3.14. The molecule has 0 radical (unpaired) electrons. The molecule has 50 heavy (non-hydrogen) atoms. The zero-order valence-corrected chi connectivity index (χ0v) is 28.6. The van der Waals surface area contributed by atoms with E-state index in [1.165, 1.54) is 0 Å². The normalized spacial score (nSPS) is 13.0. The summed E-state index contributed by atoms with van der Waals surface area (Å²) in [5.74, 6) is 0.215. The van der Waals surface area contributed by atoms with Crippen LogP contribution in [0.15, 0.2) is 177 Å². The first-order valence-corrected chi connectivity index (χ1v) is 17.7. The van der Waals surface area contributed by atoms with Crippen LogP contribution in [0.3, 0.4) is 0 Å². The predicted molar refractivity (Wildman–Crippen MR) is 193 cm³/mol. The smallest absolute Gasteiger partial charge is 0.457 e. The molecule has 5 aromatic rings. The summed E-state index contributed by atoms with van der Waals surface area (Å²) >= 11 is 0. The van der Waals surface area contributed by atoms with Gasteiger partial charge in [0.05, 0.1) is 26.4 Å². The van der Waals surface area contributed by atoms with E-state index in [2.05, 4.69) is 13.2 Å². The Morgan fingerprint density at radius 2 is 1.02 bits per heavy atom. The summed E-state index contributed by atoms with van der Waals surface area (Å²) in [6.45, 7) is 8.87. The van der Waals surface area contributed by atoms with E-state index in [-0.39, 0.29) is 30.7 Å². The molecule has 0 heterocycles. The van der Waals surface area contributed by atoms with Crippen molar-refractivity contribution in [2.75, 3.05) is 6.61 Å². The van der Waals surface area contributed by atoms with Crippen LogP contribution in [0, 0.1) is 0 Å². The molecule has 0 saturated heterocycles. The van der Waals surface area contributed by atoms with Crippen molar-refractivity contribution < 1.29 is 37.1 Å². The number of rotatable bonds is 21. The number of para-hydroxylation sites is 2. The molecule has 5 aromatic carbocycles. The fraction of sp³-hybridized carbons (Fsp3) is 0.171. The summed E-state index contributed by atoms with van der Waals surface area (Å²) in [6, 6.07) is 46.4. The molecule has 0 saturated carbocycles. The highest BCUT2D eigenvalue weighted by Crippen LogP contribution is 2.51. The Hall–Kier alpha value is -5.11. The van der Waals surface area contributed by atoms with E-state index in [9.17, 15) is 4.57 Å². The minimum absolute atomic E-state index is 0.0269. The van der Waals surface area contributed by atoms with E-state index in [1.807, 2.05) is 103 Å². The summed E-state index contributed by atoms with van der Waals surface area (Å²) in [4.78, 5) is 0. The van der Waals surface area contributed by atoms with Gasteiger partial charge in [0.2, 0.25) is 0 Å². The summed E-state index contributed by atoms with van der Waals surface area (Å²) in [6.07, 6.45) is -0.657. The quantitative estimate of drug-likeness (QED) is 0.0427. The second-order valence-electron chi connectivity index (χ2n) is 11.1. The fourth-order valence-corrected chi connectivity index (χ4v) is 6.06. The molecule has 0 spiro atoms. The maximum absolute atomic E-state index is 14.2. The Labute approximate surface area is 294 Å². The highest BCUT2D eigenvalue weighted by molar-refractivity contribution is 7.49. The molecule has 0 aromatic heterocycles. The van der Waals surface area contributed by atoms with Crippen molar-refractivity contribution in [2.45, 2.75) is 38.1 Å². The molecule has 0 bridgehead atoms. The summed E-state index contributed by atoms with van der Waals surface area (Å²) < 4.78 is 56.9. The number of hydrogen-bond donors (Lipinski definition) is 0. The minimum atomic E-state index is -4.38. The van der Waals surface area contributed by atoms with E-state index in [0.717, 1.165) is 16.7 Å². The number of benzene rings is 5. The lowest BCUT2D eigenvalue weighted by Crippen LogP contribution is -2.44. The van der Waals surface area contributed by atoms with Crippen molar-refractivity contribution in [3.8, 4) is 11.5 Å². The average molecular weight is 693 g/mol. The third kappa shape index (κ3) is 11.8. The molecule has 0 aliphatic heterocycles. The van der Waals surface area contributed by atoms with Crippen LogP contribution < -0.4 is 9.05 Å².